The van der Waals surface area contributed by atoms with Crippen LogP contribution in [0.15, 0.2) is 48.5 Å². The Morgan fingerprint density at radius 1 is 1.13 bits per heavy atom. The van der Waals surface area contributed by atoms with Crippen molar-refractivity contribution in [3.8, 4) is 17.2 Å². The van der Waals surface area contributed by atoms with Crippen molar-refractivity contribution in [2.45, 2.75) is 6.92 Å². The first-order valence-electron chi connectivity index (χ1n) is 7.22. The third kappa shape index (κ3) is 5.18. The predicted octanol–water partition coefficient (Wildman–Crippen LogP) is 4.00. The Labute approximate surface area is 133 Å². The van der Waals surface area contributed by atoms with E-state index in [4.69, 9.17) is 14.6 Å². The van der Waals surface area contributed by atoms with E-state index in [-0.39, 0.29) is 12.4 Å². The Bertz CT molecular complexity index is 645. The summed E-state index contributed by atoms with van der Waals surface area (Å²) in [4.78, 5) is 12.1. The van der Waals surface area contributed by atoms with Crippen molar-refractivity contribution in [1.82, 2.24) is 4.90 Å². The lowest BCUT2D eigenvalue weighted by molar-refractivity contribution is 0.138. The van der Waals surface area contributed by atoms with Crippen LogP contribution in [0.2, 0.25) is 0 Å². The Hall–Kier alpha value is -2.76. The van der Waals surface area contributed by atoms with Gasteiger partial charge in [-0.25, -0.2) is 9.18 Å². The van der Waals surface area contributed by atoms with Crippen LogP contribution in [-0.4, -0.2) is 35.8 Å². The zero-order valence-electron chi connectivity index (χ0n) is 12.7. The number of nitrogens with zero attached hydrogens (tertiary/aromatic N) is 1. The number of ether oxygens (including phenoxy) is 2. The first kappa shape index (κ1) is 16.6. The van der Waals surface area contributed by atoms with E-state index in [1.807, 2.05) is 0 Å². The third-order valence-electron chi connectivity index (χ3n) is 3.14. The summed E-state index contributed by atoms with van der Waals surface area (Å²) in [5, 5.41) is 8.89. The molecule has 2 aromatic carbocycles. The molecule has 2 aromatic rings. The van der Waals surface area contributed by atoms with E-state index in [1.54, 1.807) is 43.3 Å². The van der Waals surface area contributed by atoms with Gasteiger partial charge in [-0.15, -0.1) is 0 Å². The van der Waals surface area contributed by atoms with E-state index < -0.39 is 6.09 Å². The first-order valence-corrected chi connectivity index (χ1v) is 7.22. The molecule has 122 valence electrons. The molecule has 0 unspecified atom stereocenters. The molecule has 0 aromatic heterocycles. The minimum atomic E-state index is -0.963. The van der Waals surface area contributed by atoms with E-state index >= 15 is 0 Å². The van der Waals surface area contributed by atoms with Crippen LogP contribution in [-0.2, 0) is 0 Å². The number of hydrogen-bond acceptors (Lipinski definition) is 3. The molecule has 0 bridgehead atoms. The van der Waals surface area contributed by atoms with E-state index in [2.05, 4.69) is 0 Å². The average molecular weight is 319 g/mol. The summed E-state index contributed by atoms with van der Waals surface area (Å²) in [6.07, 6.45) is -0.963. The van der Waals surface area contributed by atoms with Crippen molar-refractivity contribution in [2.75, 3.05) is 19.7 Å². The van der Waals surface area contributed by atoms with Gasteiger partial charge < -0.3 is 19.5 Å². The third-order valence-corrected chi connectivity index (χ3v) is 3.14. The monoisotopic (exact) mass is 319 g/mol. The predicted molar refractivity (Wildman–Crippen MR) is 83.7 cm³/mol. The van der Waals surface area contributed by atoms with Gasteiger partial charge in [0.05, 0.1) is 6.54 Å². The van der Waals surface area contributed by atoms with Crippen molar-refractivity contribution in [2.24, 2.45) is 0 Å². The maximum Gasteiger partial charge on any atom is 0.407 e. The lowest BCUT2D eigenvalue weighted by Crippen LogP contribution is -2.33. The molecule has 0 spiro atoms. The highest BCUT2D eigenvalue weighted by Crippen LogP contribution is 2.24. The van der Waals surface area contributed by atoms with Crippen molar-refractivity contribution < 1.29 is 23.8 Å². The number of carboxylic acid groups (broad SMARTS) is 1. The SMILES string of the molecule is CCN(CCOc1ccc(Oc2cccc(F)c2)cc1)C(=O)O. The number of benzene rings is 2. The quantitative estimate of drug-likeness (QED) is 0.838. The van der Waals surface area contributed by atoms with Gasteiger partial charge in [0.1, 0.15) is 29.7 Å². The molecule has 0 aliphatic heterocycles. The Morgan fingerprint density at radius 3 is 2.43 bits per heavy atom. The fourth-order valence-electron chi connectivity index (χ4n) is 1.93. The van der Waals surface area contributed by atoms with Crippen molar-refractivity contribution in [3.63, 3.8) is 0 Å². The molecule has 0 atom stereocenters. The molecule has 0 aliphatic rings. The summed E-state index contributed by atoms with van der Waals surface area (Å²) < 4.78 is 24.1. The molecule has 0 aliphatic carbocycles. The standard InChI is InChI=1S/C17H18FNO4/c1-2-19(17(20)21)10-11-22-14-6-8-15(9-7-14)23-16-5-3-4-13(18)12-16/h3-9,12H,2,10-11H2,1H3,(H,20,21). The summed E-state index contributed by atoms with van der Waals surface area (Å²) in [5.41, 5.74) is 0. The highest BCUT2D eigenvalue weighted by atomic mass is 19.1. The Kier molecular flexibility index (Phi) is 5.80. The Morgan fingerprint density at radius 2 is 1.83 bits per heavy atom. The maximum atomic E-state index is 13.1. The van der Waals surface area contributed by atoms with Crippen molar-refractivity contribution in [1.29, 1.82) is 0 Å². The molecule has 0 heterocycles. The van der Waals surface area contributed by atoms with Crippen LogP contribution in [0.25, 0.3) is 0 Å². The van der Waals surface area contributed by atoms with E-state index in [0.29, 0.717) is 30.3 Å². The van der Waals surface area contributed by atoms with Crippen LogP contribution in [0.4, 0.5) is 9.18 Å². The van der Waals surface area contributed by atoms with E-state index in [9.17, 15) is 9.18 Å². The molecule has 0 fully saturated rings. The summed E-state index contributed by atoms with van der Waals surface area (Å²) in [5.74, 6) is 1.22. The van der Waals surface area contributed by atoms with Crippen LogP contribution >= 0.6 is 0 Å². The van der Waals surface area contributed by atoms with Crippen molar-refractivity contribution >= 4 is 6.09 Å². The summed E-state index contributed by atoms with van der Waals surface area (Å²) >= 11 is 0. The van der Waals surface area contributed by atoms with Crippen LogP contribution < -0.4 is 9.47 Å². The Balaban J connectivity index is 1.86. The summed E-state index contributed by atoms with van der Waals surface area (Å²) in [6, 6.07) is 12.7. The number of hydrogen-bond donors (Lipinski definition) is 1. The molecule has 1 amide bonds. The van der Waals surface area contributed by atoms with Gasteiger partial charge in [-0.3, -0.25) is 0 Å². The largest absolute Gasteiger partial charge is 0.492 e. The molecular weight excluding hydrogens is 301 g/mol. The van der Waals surface area contributed by atoms with Crippen LogP contribution in [0.5, 0.6) is 17.2 Å². The molecule has 0 radical (unpaired) electrons. The van der Waals surface area contributed by atoms with Gasteiger partial charge in [0.25, 0.3) is 0 Å². The average Bonchev–Trinajstić information content (AvgIpc) is 2.53. The highest BCUT2D eigenvalue weighted by molar-refractivity contribution is 5.64. The molecule has 2 rings (SSSR count). The van der Waals surface area contributed by atoms with Crippen molar-refractivity contribution in [3.05, 3.63) is 54.3 Å². The number of likely N-dealkylation sites (N-methyl/N-ethyl adjacent to an activating group) is 1. The van der Waals surface area contributed by atoms with E-state index in [1.165, 1.54) is 17.0 Å². The van der Waals surface area contributed by atoms with Gasteiger partial charge in [-0.1, -0.05) is 6.07 Å². The molecule has 0 saturated carbocycles. The van der Waals surface area contributed by atoms with Gasteiger partial charge in [-0.05, 0) is 43.3 Å². The minimum Gasteiger partial charge on any atom is -0.492 e. The molecule has 0 saturated heterocycles. The van der Waals surface area contributed by atoms with Gasteiger partial charge in [0.2, 0.25) is 0 Å². The lowest BCUT2D eigenvalue weighted by Gasteiger charge is -2.17. The summed E-state index contributed by atoms with van der Waals surface area (Å²) in [7, 11) is 0. The minimum absolute atomic E-state index is 0.268. The van der Waals surface area contributed by atoms with Crippen LogP contribution in [0, 0.1) is 5.82 Å². The second kappa shape index (κ2) is 8.03. The molecule has 5 nitrogen and oxygen atoms in total. The normalized spacial score (nSPS) is 10.2. The molecular formula is C17H18FNO4. The number of amides is 1. The van der Waals surface area contributed by atoms with Crippen LogP contribution in [0.3, 0.4) is 0 Å². The van der Waals surface area contributed by atoms with E-state index in [0.717, 1.165) is 0 Å². The lowest BCUT2D eigenvalue weighted by atomic mass is 10.3. The smallest absolute Gasteiger partial charge is 0.407 e. The zero-order chi connectivity index (χ0) is 16.7. The molecule has 1 N–H and O–H groups in total. The fraction of sp³-hybridized carbons (Fsp3) is 0.235. The number of halogens is 1. The number of rotatable bonds is 7. The molecule has 23 heavy (non-hydrogen) atoms. The van der Waals surface area contributed by atoms with Gasteiger partial charge >= 0.3 is 6.09 Å². The van der Waals surface area contributed by atoms with Gasteiger partial charge in [0, 0.05) is 12.6 Å². The highest BCUT2D eigenvalue weighted by Gasteiger charge is 2.08. The zero-order valence-corrected chi connectivity index (χ0v) is 12.7. The van der Waals surface area contributed by atoms with Gasteiger partial charge in [-0.2, -0.15) is 0 Å². The maximum absolute atomic E-state index is 13.1. The summed E-state index contributed by atoms with van der Waals surface area (Å²) in [6.45, 7) is 2.75. The first-order chi connectivity index (χ1) is 11.1. The number of carbonyl (C=O) groups is 1. The fourth-order valence-corrected chi connectivity index (χ4v) is 1.93. The molecule has 6 heteroatoms. The second-order valence-corrected chi connectivity index (χ2v) is 4.74. The van der Waals surface area contributed by atoms with Gasteiger partial charge in [0.15, 0.2) is 0 Å². The second-order valence-electron chi connectivity index (χ2n) is 4.74. The van der Waals surface area contributed by atoms with Crippen LogP contribution in [0.1, 0.15) is 6.92 Å². The topological polar surface area (TPSA) is 59.0 Å².